The summed E-state index contributed by atoms with van der Waals surface area (Å²) in [7, 11) is 1.81. The molecule has 3 aromatic heterocycles. The zero-order valence-corrected chi connectivity index (χ0v) is 15.2. The zero-order chi connectivity index (χ0) is 19.3. The van der Waals surface area contributed by atoms with Crippen molar-refractivity contribution in [2.45, 2.75) is 0 Å². The fraction of sp³-hybridized carbons (Fsp3) is 0.0476. The number of aromatic nitrogens is 4. The van der Waals surface area contributed by atoms with Crippen molar-refractivity contribution in [1.82, 2.24) is 19.5 Å². The molecule has 0 unspecified atom stereocenters. The quantitative estimate of drug-likeness (QED) is 0.557. The molecule has 0 fully saturated rings. The number of pyridine rings is 2. The molecule has 0 radical (unpaired) electrons. The van der Waals surface area contributed by atoms with Gasteiger partial charge in [0.2, 0.25) is 0 Å². The minimum Gasteiger partial charge on any atom is -0.340 e. The molecule has 7 nitrogen and oxygen atoms in total. The van der Waals surface area contributed by atoms with Crippen molar-refractivity contribution in [2.24, 2.45) is 7.05 Å². The summed E-state index contributed by atoms with van der Waals surface area (Å²) in [5.74, 6) is 0.897. The van der Waals surface area contributed by atoms with Crippen LogP contribution in [-0.2, 0) is 7.05 Å². The van der Waals surface area contributed by atoms with E-state index in [1.54, 1.807) is 29.5 Å². The molecule has 0 saturated heterocycles. The van der Waals surface area contributed by atoms with E-state index in [-0.39, 0.29) is 5.91 Å². The van der Waals surface area contributed by atoms with Crippen molar-refractivity contribution in [3.63, 3.8) is 0 Å². The third-order valence-corrected chi connectivity index (χ3v) is 4.08. The second-order valence-electron chi connectivity index (χ2n) is 6.23. The fourth-order valence-corrected chi connectivity index (χ4v) is 2.74. The van der Waals surface area contributed by atoms with Crippen LogP contribution in [0.15, 0.2) is 79.5 Å². The summed E-state index contributed by atoms with van der Waals surface area (Å²) in [6.07, 6.45) is 6.64. The minimum atomic E-state index is -0.300. The molecular formula is C21H18N6O. The summed E-state index contributed by atoms with van der Waals surface area (Å²) in [4.78, 5) is 24.9. The highest BCUT2D eigenvalue weighted by Gasteiger charge is 2.10. The first-order valence-electron chi connectivity index (χ1n) is 8.71. The molecule has 0 saturated carbocycles. The summed E-state index contributed by atoms with van der Waals surface area (Å²) in [6, 6.07) is 17.4. The van der Waals surface area contributed by atoms with Crippen LogP contribution < -0.4 is 10.6 Å². The molecule has 138 valence electrons. The van der Waals surface area contributed by atoms with E-state index in [2.05, 4.69) is 25.6 Å². The molecule has 7 heteroatoms. The molecule has 1 amide bonds. The van der Waals surface area contributed by atoms with Gasteiger partial charge in [0.05, 0.1) is 6.33 Å². The Bertz CT molecular complexity index is 1110. The number of nitrogens with zero attached hydrogens (tertiary/aromatic N) is 4. The van der Waals surface area contributed by atoms with Crippen LogP contribution in [0.1, 0.15) is 10.5 Å². The van der Waals surface area contributed by atoms with Gasteiger partial charge in [-0.15, -0.1) is 0 Å². The van der Waals surface area contributed by atoms with Crippen LogP contribution in [0.25, 0.3) is 11.1 Å². The highest BCUT2D eigenvalue weighted by Crippen LogP contribution is 2.24. The van der Waals surface area contributed by atoms with E-state index in [1.807, 2.05) is 61.6 Å². The van der Waals surface area contributed by atoms with Crippen LogP contribution in [0.5, 0.6) is 0 Å². The van der Waals surface area contributed by atoms with Gasteiger partial charge in [0, 0.05) is 31.3 Å². The number of hydrogen-bond acceptors (Lipinski definition) is 5. The number of benzene rings is 1. The van der Waals surface area contributed by atoms with E-state index in [0.717, 1.165) is 22.6 Å². The summed E-state index contributed by atoms with van der Waals surface area (Å²) in [5.41, 5.74) is 3.19. The van der Waals surface area contributed by atoms with Gasteiger partial charge in [0.1, 0.15) is 17.3 Å². The largest absolute Gasteiger partial charge is 0.340 e. The first-order valence-corrected chi connectivity index (χ1v) is 8.71. The van der Waals surface area contributed by atoms with Crippen LogP contribution >= 0.6 is 0 Å². The van der Waals surface area contributed by atoms with Crippen molar-refractivity contribution in [1.29, 1.82) is 0 Å². The van der Waals surface area contributed by atoms with Crippen molar-refractivity contribution in [3.8, 4) is 11.1 Å². The Morgan fingerprint density at radius 3 is 2.25 bits per heavy atom. The number of amides is 1. The molecular weight excluding hydrogens is 352 g/mol. The number of carbonyl (C=O) groups is 1. The first-order chi connectivity index (χ1) is 13.7. The Kier molecular flexibility index (Phi) is 4.79. The molecule has 3 heterocycles. The number of para-hydroxylation sites is 1. The number of imidazole rings is 1. The van der Waals surface area contributed by atoms with Gasteiger partial charge in [-0.1, -0.05) is 18.2 Å². The van der Waals surface area contributed by atoms with Crippen molar-refractivity contribution >= 4 is 23.2 Å². The Labute approximate surface area is 162 Å². The second kappa shape index (κ2) is 7.71. The number of anilines is 3. The summed E-state index contributed by atoms with van der Waals surface area (Å²) in [6.45, 7) is 0. The lowest BCUT2D eigenvalue weighted by molar-refractivity contribution is 0.102. The van der Waals surface area contributed by atoms with Gasteiger partial charge in [-0.3, -0.25) is 4.79 Å². The molecule has 0 aliphatic rings. The number of hydrogen-bond donors (Lipinski definition) is 2. The first kappa shape index (κ1) is 17.4. The molecule has 0 bridgehead atoms. The maximum Gasteiger partial charge on any atom is 0.276 e. The van der Waals surface area contributed by atoms with E-state index in [1.165, 1.54) is 0 Å². The van der Waals surface area contributed by atoms with Crippen LogP contribution in [-0.4, -0.2) is 25.4 Å². The summed E-state index contributed by atoms with van der Waals surface area (Å²) in [5, 5.41) is 6.06. The van der Waals surface area contributed by atoms with Gasteiger partial charge in [-0.25, -0.2) is 15.0 Å². The van der Waals surface area contributed by atoms with Gasteiger partial charge in [-0.2, -0.15) is 0 Å². The van der Waals surface area contributed by atoms with Gasteiger partial charge in [0.25, 0.3) is 5.91 Å². The molecule has 2 N–H and O–H groups in total. The highest BCUT2D eigenvalue weighted by molar-refractivity contribution is 6.02. The van der Waals surface area contributed by atoms with Crippen molar-refractivity contribution < 1.29 is 4.79 Å². The van der Waals surface area contributed by atoms with Crippen LogP contribution in [0.2, 0.25) is 0 Å². The van der Waals surface area contributed by atoms with Crippen molar-refractivity contribution in [3.05, 3.63) is 85.2 Å². The minimum absolute atomic E-state index is 0.300. The van der Waals surface area contributed by atoms with Crippen LogP contribution in [0.4, 0.5) is 17.3 Å². The molecule has 28 heavy (non-hydrogen) atoms. The average molecular weight is 370 g/mol. The van der Waals surface area contributed by atoms with E-state index in [9.17, 15) is 4.79 Å². The van der Waals surface area contributed by atoms with E-state index in [0.29, 0.717) is 11.5 Å². The lowest BCUT2D eigenvalue weighted by Crippen LogP contribution is -2.13. The standard InChI is InChI=1S/C21H18N6O/c1-27-13-18(24-14-27)21(28)26-20-12-16(8-10-23-20)15-7-9-22-19(11-15)25-17-5-3-2-4-6-17/h2-14H,1H3,(H,22,25)(H,23,26,28). The van der Waals surface area contributed by atoms with E-state index >= 15 is 0 Å². The lowest BCUT2D eigenvalue weighted by Gasteiger charge is -2.09. The molecule has 0 aliphatic carbocycles. The zero-order valence-electron chi connectivity index (χ0n) is 15.2. The SMILES string of the molecule is Cn1cnc(C(=O)Nc2cc(-c3ccnc(Nc4ccccc4)c3)ccn2)c1. The molecule has 0 spiro atoms. The lowest BCUT2D eigenvalue weighted by atomic mass is 10.1. The number of carbonyl (C=O) groups excluding carboxylic acids is 1. The maximum atomic E-state index is 12.3. The number of rotatable bonds is 5. The monoisotopic (exact) mass is 370 g/mol. The third kappa shape index (κ3) is 4.04. The Morgan fingerprint density at radius 2 is 1.57 bits per heavy atom. The van der Waals surface area contributed by atoms with Crippen molar-refractivity contribution in [2.75, 3.05) is 10.6 Å². The Morgan fingerprint density at radius 1 is 0.893 bits per heavy atom. The molecule has 1 aromatic carbocycles. The third-order valence-electron chi connectivity index (χ3n) is 4.08. The smallest absolute Gasteiger partial charge is 0.276 e. The summed E-state index contributed by atoms with van der Waals surface area (Å²) < 4.78 is 1.72. The van der Waals surface area contributed by atoms with E-state index in [4.69, 9.17) is 0 Å². The molecule has 4 rings (SSSR count). The van der Waals surface area contributed by atoms with Gasteiger partial charge >= 0.3 is 0 Å². The van der Waals surface area contributed by atoms with Crippen LogP contribution in [0, 0.1) is 0 Å². The number of nitrogens with one attached hydrogen (secondary N) is 2. The highest BCUT2D eigenvalue weighted by atomic mass is 16.2. The van der Waals surface area contributed by atoms with Gasteiger partial charge in [0.15, 0.2) is 0 Å². The Balaban J connectivity index is 1.54. The summed E-state index contributed by atoms with van der Waals surface area (Å²) >= 11 is 0. The van der Waals surface area contributed by atoms with Gasteiger partial charge < -0.3 is 15.2 Å². The maximum absolute atomic E-state index is 12.3. The predicted octanol–water partition coefficient (Wildman–Crippen LogP) is 3.87. The predicted molar refractivity (Wildman–Crippen MR) is 108 cm³/mol. The Hall–Kier alpha value is -4.00. The molecule has 0 aliphatic heterocycles. The van der Waals surface area contributed by atoms with Crippen LogP contribution in [0.3, 0.4) is 0 Å². The normalized spacial score (nSPS) is 10.5. The topological polar surface area (TPSA) is 84.7 Å². The average Bonchev–Trinajstić information content (AvgIpc) is 3.16. The fourth-order valence-electron chi connectivity index (χ4n) is 2.74. The van der Waals surface area contributed by atoms with E-state index < -0.39 is 0 Å². The van der Waals surface area contributed by atoms with Gasteiger partial charge in [-0.05, 0) is 47.5 Å². The number of aryl methyl sites for hydroxylation is 1. The second-order valence-corrected chi connectivity index (χ2v) is 6.23. The molecule has 4 aromatic rings. The molecule has 0 atom stereocenters.